The molecule has 0 radical (unpaired) electrons. The number of amides is 4. The van der Waals surface area contributed by atoms with Gasteiger partial charge in [0.25, 0.3) is 5.91 Å². The number of anilines is 3. The molecule has 0 bridgehead atoms. The van der Waals surface area contributed by atoms with E-state index in [1.165, 1.54) is 0 Å². The van der Waals surface area contributed by atoms with Crippen molar-refractivity contribution in [3.63, 3.8) is 0 Å². The Morgan fingerprint density at radius 1 is 0.829 bits per heavy atom. The number of para-hydroxylation sites is 1. The summed E-state index contributed by atoms with van der Waals surface area (Å²) >= 11 is 6.06. The lowest BCUT2D eigenvalue weighted by molar-refractivity contribution is -0.136. The highest BCUT2D eigenvalue weighted by molar-refractivity contribution is 6.30. The van der Waals surface area contributed by atoms with E-state index < -0.39 is 5.54 Å². The lowest BCUT2D eigenvalue weighted by Crippen LogP contribution is -2.58. The van der Waals surface area contributed by atoms with Gasteiger partial charge in [0.2, 0.25) is 5.91 Å². The Bertz CT molecular complexity index is 1600. The van der Waals surface area contributed by atoms with Crippen LogP contribution in [0.15, 0.2) is 97.1 Å². The smallest absolute Gasteiger partial charge is 0.321 e. The molecule has 4 aromatic carbocycles. The second kappa shape index (κ2) is 11.1. The summed E-state index contributed by atoms with van der Waals surface area (Å²) in [4.78, 5) is 45.6. The maximum absolute atomic E-state index is 14.0. The highest BCUT2D eigenvalue weighted by atomic mass is 35.5. The lowest BCUT2D eigenvalue weighted by atomic mass is 9.85. The quantitative estimate of drug-likeness (QED) is 0.319. The van der Waals surface area contributed by atoms with Crippen molar-refractivity contribution in [1.82, 2.24) is 9.80 Å². The minimum absolute atomic E-state index is 0.0816. The van der Waals surface area contributed by atoms with Gasteiger partial charge in [-0.25, -0.2) is 4.79 Å². The third kappa shape index (κ3) is 5.30. The molecule has 2 heterocycles. The van der Waals surface area contributed by atoms with Gasteiger partial charge in [-0.3, -0.25) is 9.59 Å². The average molecular weight is 568 g/mol. The molecule has 9 heteroatoms. The van der Waals surface area contributed by atoms with Gasteiger partial charge >= 0.3 is 6.03 Å². The van der Waals surface area contributed by atoms with Gasteiger partial charge in [-0.1, -0.05) is 72.3 Å². The Labute approximate surface area is 243 Å². The highest BCUT2D eigenvalue weighted by Crippen LogP contribution is 2.39. The van der Waals surface area contributed by atoms with Gasteiger partial charge in [0, 0.05) is 34.9 Å². The Hall–Kier alpha value is -4.56. The van der Waals surface area contributed by atoms with Crippen LogP contribution in [-0.2, 0) is 9.59 Å². The van der Waals surface area contributed by atoms with E-state index in [-0.39, 0.29) is 31.1 Å². The molecule has 0 atom stereocenters. The molecule has 4 amide bonds. The van der Waals surface area contributed by atoms with Crippen LogP contribution >= 0.6 is 11.6 Å². The number of hydrogen-bond donors (Lipinski definition) is 2. The first-order valence-electron chi connectivity index (χ1n) is 13.6. The molecule has 2 fully saturated rings. The largest absolute Gasteiger partial charge is 0.339 e. The predicted molar refractivity (Wildman–Crippen MR) is 162 cm³/mol. The Balaban J connectivity index is 1.18. The molecule has 0 aromatic heterocycles. The van der Waals surface area contributed by atoms with Gasteiger partial charge in [-0.2, -0.15) is 0 Å². The number of hydrogen-bond acceptors (Lipinski definition) is 4. The van der Waals surface area contributed by atoms with Crippen LogP contribution in [0.5, 0.6) is 0 Å². The van der Waals surface area contributed by atoms with Crippen molar-refractivity contribution in [1.29, 1.82) is 0 Å². The number of nitrogens with zero attached hydrogens (tertiary/aromatic N) is 3. The summed E-state index contributed by atoms with van der Waals surface area (Å²) in [6.45, 7) is 1.03. The predicted octanol–water partition coefficient (Wildman–Crippen LogP) is 5.80. The minimum Gasteiger partial charge on any atom is -0.339 e. The summed E-state index contributed by atoms with van der Waals surface area (Å²) in [6.07, 6.45) is 0.909. The van der Waals surface area contributed by atoms with Crippen molar-refractivity contribution in [3.8, 4) is 0 Å². The number of halogens is 1. The molecule has 2 aliphatic rings. The molecule has 0 aliphatic carbocycles. The van der Waals surface area contributed by atoms with Gasteiger partial charge in [-0.15, -0.1) is 0 Å². The Kier molecular flexibility index (Phi) is 7.24. The molecule has 0 unspecified atom stereocenters. The van der Waals surface area contributed by atoms with Crippen LogP contribution in [0.25, 0.3) is 10.8 Å². The third-order valence-corrected chi connectivity index (χ3v) is 8.17. The normalized spacial score (nSPS) is 16.3. The summed E-state index contributed by atoms with van der Waals surface area (Å²) in [6, 6.07) is 30.3. The molecule has 2 aliphatic heterocycles. The zero-order valence-corrected chi connectivity index (χ0v) is 23.2. The van der Waals surface area contributed by atoms with E-state index in [0.29, 0.717) is 36.6 Å². The maximum Gasteiger partial charge on any atom is 0.321 e. The molecule has 1 spiro atoms. The molecule has 0 saturated carbocycles. The number of fused-ring (bicyclic) bond motifs is 1. The van der Waals surface area contributed by atoms with E-state index in [0.717, 1.165) is 22.1 Å². The molecular formula is C32H30ClN5O3. The van der Waals surface area contributed by atoms with Gasteiger partial charge in [0.15, 0.2) is 0 Å². The van der Waals surface area contributed by atoms with Crippen molar-refractivity contribution in [2.75, 3.05) is 41.8 Å². The standard InChI is InChI=1S/C32H30ClN5O3/c33-24-10-7-11-25(20-24)34-29(39)21-37-22-38(26-12-2-1-3-13-26)32(30(37)40)16-18-36(19-17-32)31(41)35-28-15-6-9-23-8-4-5-14-27(23)28/h1-15,20H,16-19,21-22H2,(H,34,39)(H,35,41). The zero-order chi connectivity index (χ0) is 28.4. The molecule has 2 saturated heterocycles. The SMILES string of the molecule is O=C(CN1CN(c2ccccc2)C2(CCN(C(=O)Nc3cccc4ccccc34)CC2)C1=O)Nc1cccc(Cl)c1. The van der Waals surface area contributed by atoms with Crippen LogP contribution in [0.4, 0.5) is 21.9 Å². The minimum atomic E-state index is -0.839. The molecule has 6 rings (SSSR count). The average Bonchev–Trinajstić information content (AvgIpc) is 3.24. The fraction of sp³-hybridized carbons (Fsp3) is 0.219. The topological polar surface area (TPSA) is 85.0 Å². The fourth-order valence-electron chi connectivity index (χ4n) is 5.87. The van der Waals surface area contributed by atoms with Gasteiger partial charge in [0.05, 0.1) is 12.4 Å². The molecule has 4 aromatic rings. The van der Waals surface area contributed by atoms with Crippen molar-refractivity contribution in [2.24, 2.45) is 0 Å². The Morgan fingerprint density at radius 3 is 2.32 bits per heavy atom. The van der Waals surface area contributed by atoms with E-state index in [4.69, 9.17) is 11.6 Å². The van der Waals surface area contributed by atoms with E-state index in [9.17, 15) is 14.4 Å². The van der Waals surface area contributed by atoms with E-state index in [2.05, 4.69) is 15.5 Å². The van der Waals surface area contributed by atoms with Crippen molar-refractivity contribution < 1.29 is 14.4 Å². The van der Waals surface area contributed by atoms with Crippen LogP contribution in [-0.4, -0.2) is 59.5 Å². The first-order valence-corrected chi connectivity index (χ1v) is 14.0. The highest BCUT2D eigenvalue weighted by Gasteiger charge is 2.54. The zero-order valence-electron chi connectivity index (χ0n) is 22.4. The number of carbonyl (C=O) groups is 3. The first kappa shape index (κ1) is 26.7. The van der Waals surface area contributed by atoms with Gasteiger partial charge < -0.3 is 25.3 Å². The number of benzene rings is 4. The maximum atomic E-state index is 14.0. The van der Waals surface area contributed by atoms with Gasteiger partial charge in [-0.05, 0) is 54.6 Å². The number of nitrogens with one attached hydrogen (secondary N) is 2. The summed E-state index contributed by atoms with van der Waals surface area (Å²) < 4.78 is 0. The monoisotopic (exact) mass is 567 g/mol. The summed E-state index contributed by atoms with van der Waals surface area (Å²) in [5.74, 6) is -0.394. The third-order valence-electron chi connectivity index (χ3n) is 7.93. The summed E-state index contributed by atoms with van der Waals surface area (Å²) in [5.41, 5.74) is 1.41. The van der Waals surface area contributed by atoms with Crippen LogP contribution in [0, 0.1) is 0 Å². The lowest BCUT2D eigenvalue weighted by Gasteiger charge is -2.43. The second-order valence-electron chi connectivity index (χ2n) is 10.4. The van der Waals surface area contributed by atoms with E-state index in [1.807, 2.05) is 72.8 Å². The van der Waals surface area contributed by atoms with Crippen LogP contribution < -0.4 is 15.5 Å². The Morgan fingerprint density at radius 2 is 1.54 bits per heavy atom. The first-order chi connectivity index (χ1) is 19.9. The fourth-order valence-corrected chi connectivity index (χ4v) is 6.06. The van der Waals surface area contributed by atoms with E-state index in [1.54, 1.807) is 34.1 Å². The number of rotatable bonds is 5. The summed E-state index contributed by atoms with van der Waals surface area (Å²) in [7, 11) is 0. The molecular weight excluding hydrogens is 538 g/mol. The van der Waals surface area contributed by atoms with Crippen molar-refractivity contribution in [3.05, 3.63) is 102 Å². The summed E-state index contributed by atoms with van der Waals surface area (Å²) in [5, 5.41) is 8.45. The second-order valence-corrected chi connectivity index (χ2v) is 10.9. The van der Waals surface area contributed by atoms with Crippen molar-refractivity contribution >= 4 is 57.3 Å². The molecule has 41 heavy (non-hydrogen) atoms. The molecule has 208 valence electrons. The van der Waals surface area contributed by atoms with Crippen LogP contribution in [0.1, 0.15) is 12.8 Å². The van der Waals surface area contributed by atoms with Crippen LogP contribution in [0.2, 0.25) is 5.02 Å². The van der Waals surface area contributed by atoms with Crippen LogP contribution in [0.3, 0.4) is 0 Å². The number of carbonyl (C=O) groups excluding carboxylic acids is 3. The number of urea groups is 1. The molecule has 2 N–H and O–H groups in total. The molecule has 8 nitrogen and oxygen atoms in total. The number of piperidine rings is 1. The van der Waals surface area contributed by atoms with Crippen molar-refractivity contribution in [2.45, 2.75) is 18.4 Å². The number of likely N-dealkylation sites (tertiary alicyclic amines) is 1. The van der Waals surface area contributed by atoms with E-state index >= 15 is 0 Å². The van der Waals surface area contributed by atoms with Gasteiger partial charge in [0.1, 0.15) is 12.1 Å².